The molecule has 4 aromatic carbocycles. The summed E-state index contributed by atoms with van der Waals surface area (Å²) in [6.45, 7) is 17.0. The molecule has 15 aromatic rings. The molecule has 7 N–H and O–H groups in total. The van der Waals surface area contributed by atoms with Crippen LogP contribution in [0.4, 0.5) is 5.69 Å². The third-order valence-electron chi connectivity index (χ3n) is 17.5. The molecule has 105 heavy (non-hydrogen) atoms. The van der Waals surface area contributed by atoms with Crippen molar-refractivity contribution in [1.82, 2.24) is 77.6 Å². The zero-order valence-electron chi connectivity index (χ0n) is 58.1. The van der Waals surface area contributed by atoms with Gasteiger partial charge in [0.1, 0.15) is 30.0 Å². The zero-order chi connectivity index (χ0) is 73.9. The van der Waals surface area contributed by atoms with E-state index in [9.17, 15) is 31.2 Å². The Morgan fingerprint density at radius 1 is 0.505 bits per heavy atom. The van der Waals surface area contributed by atoms with Crippen LogP contribution in [0.25, 0.3) is 85.6 Å². The molecule has 0 aliphatic carbocycles. The van der Waals surface area contributed by atoms with Gasteiger partial charge < -0.3 is 34.3 Å². The number of nitrogens with two attached hydrogens (primary N) is 3. The number of thioether (sulfide) groups is 1. The lowest BCUT2D eigenvalue weighted by molar-refractivity contribution is 0.0816. The van der Waals surface area contributed by atoms with Crippen molar-refractivity contribution in [3.05, 3.63) is 175 Å². The molecule has 29 nitrogen and oxygen atoms in total. The first-order valence-corrected chi connectivity index (χ1v) is 46.6. The van der Waals surface area contributed by atoms with E-state index in [0.717, 1.165) is 106 Å². The number of hydrogen-bond acceptors (Lipinski definition) is 23. The molecule has 0 unspecified atom stereocenters. The Bertz CT molecular complexity index is 6270. The van der Waals surface area contributed by atoms with E-state index >= 15 is 0 Å². The second-order valence-electron chi connectivity index (χ2n) is 27.3. The Kier molecular flexibility index (Phi) is 21.5. The molecule has 0 fully saturated rings. The number of hydrogen-bond donors (Lipinski definition) is 4. The fourth-order valence-corrected chi connectivity index (χ4v) is 19.2. The van der Waals surface area contributed by atoms with Crippen LogP contribution in [0.1, 0.15) is 35.2 Å². The monoisotopic (exact) mass is 1570 g/mol. The van der Waals surface area contributed by atoms with Crippen molar-refractivity contribution in [1.29, 1.82) is 5.41 Å². The Balaban J connectivity index is 0.000000149. The summed E-state index contributed by atoms with van der Waals surface area (Å²) in [5, 5.41) is 44.0. The Hall–Kier alpha value is -9.26. The van der Waals surface area contributed by atoms with Gasteiger partial charge in [-0.1, -0.05) is 148 Å². The normalized spacial score (nSPS) is 12.3. The minimum absolute atomic E-state index is 0. The first-order chi connectivity index (χ1) is 49.4. The molecule has 37 heteroatoms. The highest BCUT2D eigenvalue weighted by atomic mass is 32.3. The first kappa shape index (κ1) is 75.4. The molecule has 0 aliphatic rings. The van der Waals surface area contributed by atoms with Crippen LogP contribution in [0, 0.1) is 5.41 Å². The van der Waals surface area contributed by atoms with E-state index in [1.54, 1.807) is 78.6 Å². The predicted molar refractivity (Wildman–Crippen MR) is 424 cm³/mol. The van der Waals surface area contributed by atoms with Crippen LogP contribution in [0.15, 0.2) is 143 Å². The molecule has 15 rings (SSSR count). The van der Waals surface area contributed by atoms with Crippen LogP contribution >= 0.6 is 45.8 Å². The van der Waals surface area contributed by atoms with E-state index in [0.29, 0.717) is 91.4 Å². The number of benzene rings is 4. The lowest BCUT2D eigenvalue weighted by Crippen LogP contribution is -2.25. The summed E-state index contributed by atoms with van der Waals surface area (Å²) < 4.78 is 74.0. The smallest absolute Gasteiger partial charge is 0.291 e. The van der Waals surface area contributed by atoms with Gasteiger partial charge in [0.05, 0.1) is 75.8 Å². The van der Waals surface area contributed by atoms with Gasteiger partial charge in [0.15, 0.2) is 21.3 Å². The number of sulfonamides is 2. The number of anilines is 1. The largest absolute Gasteiger partial charge is 0.398 e. The molecular formula is C68H78N20O9S6Si2. The third kappa shape index (κ3) is 15.6. The average molecular weight is 1570 g/mol. The quantitative estimate of drug-likeness (QED) is 0.0161. The SMILES string of the molecule is C.Cn1c2nc(S(N)(=O)=O)sc2c2cnn(Cc3cccc(N)c3C=N)c(=O)c21.Cn1c2nc(S(N)(=O)=O)sc2c2cnn(Cc3cccc4c3cnn4COCC[Si](C)(C)C)c(=O)c21.Cn1c2nc(SCc3ccccc3)sc2c2cnn(Cc3cccc4c3cnn4COCC[Si](C)(C)C)c(=O)c21. The number of thiazole rings is 3. The number of nitrogen functional groups attached to an aromatic ring is 1. The highest BCUT2D eigenvalue weighted by molar-refractivity contribution is 8.00. The van der Waals surface area contributed by atoms with Crippen LogP contribution in [0.3, 0.4) is 0 Å². The number of nitrogens with zero attached hydrogens (tertiary/aromatic N) is 16. The maximum atomic E-state index is 13.6. The Morgan fingerprint density at radius 3 is 1.30 bits per heavy atom. The summed E-state index contributed by atoms with van der Waals surface area (Å²) in [6, 6.07) is 29.7. The van der Waals surface area contributed by atoms with Crippen LogP contribution in [0.5, 0.6) is 0 Å². The van der Waals surface area contributed by atoms with Crippen molar-refractivity contribution in [3.63, 3.8) is 0 Å². The van der Waals surface area contributed by atoms with Crippen LogP contribution in [-0.4, -0.2) is 130 Å². The van der Waals surface area contributed by atoms with Crippen molar-refractivity contribution >= 4 is 179 Å². The second-order valence-corrected chi connectivity index (χ2v) is 46.2. The molecule has 0 saturated heterocycles. The molecule has 0 atom stereocenters. The van der Waals surface area contributed by atoms with Crippen molar-refractivity contribution in [2.45, 2.75) is 111 Å². The molecule has 548 valence electrons. The number of ether oxygens (including phenoxy) is 2. The fourth-order valence-electron chi connectivity index (χ4n) is 12.0. The van der Waals surface area contributed by atoms with Gasteiger partial charge >= 0.3 is 0 Å². The minimum atomic E-state index is -3.94. The van der Waals surface area contributed by atoms with Gasteiger partial charge in [-0.2, -0.15) is 25.5 Å². The van der Waals surface area contributed by atoms with E-state index in [1.165, 1.54) is 30.4 Å². The summed E-state index contributed by atoms with van der Waals surface area (Å²) >= 11 is 5.17. The summed E-state index contributed by atoms with van der Waals surface area (Å²) in [6.07, 6.45) is 9.66. The maximum Gasteiger partial charge on any atom is 0.291 e. The summed E-state index contributed by atoms with van der Waals surface area (Å²) in [5.41, 5.74) is 14.8. The number of rotatable bonds is 22. The molecule has 0 aliphatic heterocycles. The second kappa shape index (κ2) is 29.9. The van der Waals surface area contributed by atoms with E-state index in [4.69, 9.17) is 35.9 Å². The van der Waals surface area contributed by atoms with Gasteiger partial charge in [-0.3, -0.25) is 14.4 Å². The molecule has 11 heterocycles. The molecule has 0 amide bonds. The van der Waals surface area contributed by atoms with Crippen LogP contribution in [-0.2, 0) is 89.5 Å². The van der Waals surface area contributed by atoms with Gasteiger partial charge in [-0.25, -0.2) is 65.5 Å². The number of primary sulfonamides is 2. The first-order valence-electron chi connectivity index (χ1n) is 32.6. The molecule has 0 radical (unpaired) electrons. The lowest BCUT2D eigenvalue weighted by atomic mass is 10.1. The maximum absolute atomic E-state index is 13.6. The van der Waals surface area contributed by atoms with Gasteiger partial charge in [0, 0.05) is 101 Å². The van der Waals surface area contributed by atoms with Gasteiger partial charge in [-0.15, -0.1) is 11.3 Å². The van der Waals surface area contributed by atoms with E-state index < -0.39 is 36.2 Å². The Morgan fingerprint density at radius 2 is 0.886 bits per heavy atom. The molecule has 0 bridgehead atoms. The van der Waals surface area contributed by atoms with Gasteiger partial charge in [0.25, 0.3) is 36.7 Å². The average Bonchev–Trinajstić information content (AvgIpc) is 1.60. The zero-order valence-corrected chi connectivity index (χ0v) is 65.0. The summed E-state index contributed by atoms with van der Waals surface area (Å²) in [4.78, 5) is 53.1. The Labute approximate surface area is 620 Å². The highest BCUT2D eigenvalue weighted by Crippen LogP contribution is 2.38. The van der Waals surface area contributed by atoms with Crippen molar-refractivity contribution in [2.75, 3.05) is 18.9 Å². The van der Waals surface area contributed by atoms with Crippen molar-refractivity contribution < 1.29 is 26.3 Å². The molecule has 0 spiro atoms. The lowest BCUT2D eigenvalue weighted by Gasteiger charge is -2.15. The van der Waals surface area contributed by atoms with E-state index in [-0.39, 0.29) is 45.9 Å². The van der Waals surface area contributed by atoms with Gasteiger partial charge in [-0.05, 0) is 52.5 Å². The number of fused-ring (bicyclic) bond motifs is 11. The number of nitrogens with one attached hydrogen (secondary N) is 1. The van der Waals surface area contributed by atoms with Gasteiger partial charge in [0.2, 0.25) is 8.68 Å². The van der Waals surface area contributed by atoms with Crippen LogP contribution < -0.4 is 32.7 Å². The van der Waals surface area contributed by atoms with Crippen molar-refractivity contribution in [3.8, 4) is 0 Å². The summed E-state index contributed by atoms with van der Waals surface area (Å²) in [5.74, 6) is 0.858. The van der Waals surface area contributed by atoms with Crippen molar-refractivity contribution in [2.24, 2.45) is 31.4 Å². The molecular weight excluding hydrogens is 1490 g/mol. The predicted octanol–water partition coefficient (Wildman–Crippen LogP) is 10.3. The number of aromatic nitrogens is 16. The third-order valence-corrected chi connectivity index (χ3v) is 28.0. The topological polar surface area (TPSA) is 382 Å². The molecule has 11 aromatic heterocycles. The highest BCUT2D eigenvalue weighted by Gasteiger charge is 2.26. The fraction of sp³-hybridized carbons (Fsp3) is 0.294. The van der Waals surface area contributed by atoms with Crippen LogP contribution in [0.2, 0.25) is 51.4 Å². The number of aryl methyl sites for hydroxylation is 3. The van der Waals surface area contributed by atoms with E-state index in [2.05, 4.69) is 99.0 Å². The standard InChI is InChI=1S/C29H32N6O2S2Si.C22H27N7O4S2Si.C16H15N7O3S2.CH4/c1-33-25-23(26-27(33)32-29(39-26)38-18-20-9-6-5-7-10-20)16-30-34(28(25)36)17-21-11-8-12-24-22(21)15-31-35(24)19-37-13-14-40(2,3)4;1-27-18-16(19-20(27)26-22(34-19)35(23,31)32)11-24-28(21(18)30)12-14-6-5-7-17-15(14)10-25-29(17)13-33-8-9-36(2,3)4;1-22-12-10(13-14(22)21-16(27-13)28(19,25)26)6-20-23(15(12)24)7-8-3-2-4-11(18)9(8)5-17;/h5-12,15-16H,13-14,17-19H2,1-4H3;5-7,10-11H,8-9,12-13H2,1-4H3,(H2,23,31,32);2-6,17H,7,18H2,1H3,(H2,19,25,26);1H4. The minimum Gasteiger partial charge on any atom is -0.398 e. The van der Waals surface area contributed by atoms with E-state index in [1.807, 2.05) is 69.6 Å². The molecule has 0 saturated carbocycles. The summed E-state index contributed by atoms with van der Waals surface area (Å²) in [7, 11) is -4.96.